The van der Waals surface area contributed by atoms with Crippen LogP contribution in [0.1, 0.15) is 16.1 Å². The fourth-order valence-electron chi connectivity index (χ4n) is 2.41. The first-order valence-electron chi connectivity index (χ1n) is 8.38. The van der Waals surface area contributed by atoms with Crippen LogP contribution in [0.3, 0.4) is 0 Å². The van der Waals surface area contributed by atoms with Crippen molar-refractivity contribution in [2.24, 2.45) is 0 Å². The molecule has 1 amide bonds. The summed E-state index contributed by atoms with van der Waals surface area (Å²) >= 11 is 0. The van der Waals surface area contributed by atoms with Gasteiger partial charge in [-0.1, -0.05) is 12.1 Å². The molecule has 0 spiro atoms. The van der Waals surface area contributed by atoms with E-state index in [9.17, 15) is 23.1 Å². The van der Waals surface area contributed by atoms with E-state index in [2.05, 4.69) is 4.98 Å². The van der Waals surface area contributed by atoms with Gasteiger partial charge in [0.05, 0.1) is 7.11 Å². The summed E-state index contributed by atoms with van der Waals surface area (Å²) in [6, 6.07) is 10.7. The number of carboxylic acids is 1. The van der Waals surface area contributed by atoms with Crippen molar-refractivity contribution in [2.75, 3.05) is 14.2 Å². The second kappa shape index (κ2) is 9.16. The van der Waals surface area contributed by atoms with Gasteiger partial charge in [-0.25, -0.2) is 9.78 Å². The lowest BCUT2D eigenvalue weighted by molar-refractivity contribution is -0.192. The fraction of sp³-hybridized carbons (Fsp3) is 0.211. The Morgan fingerprint density at radius 1 is 1.23 bits per heavy atom. The minimum Gasteiger partial charge on any atom is -0.504 e. The van der Waals surface area contributed by atoms with Gasteiger partial charge in [0.15, 0.2) is 11.5 Å². The molecule has 0 aliphatic carbocycles. The maximum absolute atomic E-state index is 12.5. The number of imidazole rings is 1. The van der Waals surface area contributed by atoms with Gasteiger partial charge in [-0.15, -0.1) is 0 Å². The number of carbonyl (C=O) groups is 2. The van der Waals surface area contributed by atoms with Crippen LogP contribution >= 0.6 is 0 Å². The van der Waals surface area contributed by atoms with Gasteiger partial charge < -0.3 is 24.3 Å². The number of nitrogens with zero attached hydrogens (tertiary/aromatic N) is 3. The summed E-state index contributed by atoms with van der Waals surface area (Å²) in [5.41, 5.74) is 1.92. The molecular weight excluding hydrogens is 407 g/mol. The van der Waals surface area contributed by atoms with Gasteiger partial charge in [0.2, 0.25) is 0 Å². The van der Waals surface area contributed by atoms with Crippen LogP contribution in [-0.4, -0.2) is 56.7 Å². The van der Waals surface area contributed by atoms with Gasteiger partial charge in [0, 0.05) is 26.0 Å². The highest BCUT2D eigenvalue weighted by atomic mass is 19.4. The molecule has 0 saturated carbocycles. The summed E-state index contributed by atoms with van der Waals surface area (Å²) in [6.45, 7) is 0.365. The Balaban J connectivity index is 0.000000396. The molecule has 0 bridgehead atoms. The third-order valence-corrected chi connectivity index (χ3v) is 3.84. The fourth-order valence-corrected chi connectivity index (χ4v) is 2.41. The van der Waals surface area contributed by atoms with E-state index in [-0.39, 0.29) is 11.7 Å². The monoisotopic (exact) mass is 425 g/mol. The van der Waals surface area contributed by atoms with Crippen LogP contribution in [0, 0.1) is 0 Å². The van der Waals surface area contributed by atoms with Crippen molar-refractivity contribution in [1.29, 1.82) is 0 Å². The first-order chi connectivity index (χ1) is 14.0. The summed E-state index contributed by atoms with van der Waals surface area (Å²) in [5, 5.41) is 16.9. The quantitative estimate of drug-likeness (QED) is 0.666. The lowest BCUT2D eigenvalue weighted by Crippen LogP contribution is -2.26. The van der Waals surface area contributed by atoms with E-state index >= 15 is 0 Å². The lowest BCUT2D eigenvalue weighted by Gasteiger charge is -2.16. The molecule has 30 heavy (non-hydrogen) atoms. The number of carboxylic acid groups (broad SMARTS) is 1. The average molecular weight is 425 g/mol. The second-order valence-electron chi connectivity index (χ2n) is 6.06. The van der Waals surface area contributed by atoms with Crippen molar-refractivity contribution in [3.8, 4) is 11.5 Å². The number of phenolic OH excluding ortho intramolecular Hbond substituents is 1. The third kappa shape index (κ3) is 5.63. The first kappa shape index (κ1) is 22.5. The van der Waals surface area contributed by atoms with Crippen LogP contribution < -0.4 is 4.74 Å². The number of amides is 1. The predicted molar refractivity (Wildman–Crippen MR) is 99.3 cm³/mol. The molecule has 0 unspecified atom stereocenters. The van der Waals surface area contributed by atoms with Crippen LogP contribution in [0.5, 0.6) is 11.5 Å². The molecule has 3 rings (SSSR count). The maximum atomic E-state index is 12.5. The molecule has 0 aliphatic rings. The molecule has 0 fully saturated rings. The Kier molecular flexibility index (Phi) is 6.88. The molecule has 0 saturated heterocycles. The number of hydrogen-bond acceptors (Lipinski definition) is 5. The Morgan fingerprint density at radius 3 is 2.43 bits per heavy atom. The predicted octanol–water partition coefficient (Wildman–Crippen LogP) is 2.95. The van der Waals surface area contributed by atoms with E-state index in [0.29, 0.717) is 18.0 Å². The van der Waals surface area contributed by atoms with Crippen LogP contribution in [-0.2, 0) is 11.3 Å². The summed E-state index contributed by atoms with van der Waals surface area (Å²) in [4.78, 5) is 27.3. The summed E-state index contributed by atoms with van der Waals surface area (Å²) in [5.74, 6) is -2.47. The van der Waals surface area contributed by atoms with Gasteiger partial charge in [0.1, 0.15) is 11.3 Å². The molecule has 0 radical (unpaired) electrons. The number of fused-ring (bicyclic) bond motifs is 1. The minimum absolute atomic E-state index is 0.0542. The topological polar surface area (TPSA) is 104 Å². The number of aromatic hydroxyl groups is 1. The van der Waals surface area contributed by atoms with Crippen molar-refractivity contribution in [3.63, 3.8) is 0 Å². The number of aromatic nitrogens is 2. The van der Waals surface area contributed by atoms with E-state index in [0.717, 1.165) is 11.2 Å². The summed E-state index contributed by atoms with van der Waals surface area (Å²) in [7, 11) is 3.20. The Morgan fingerprint density at radius 2 is 1.90 bits per heavy atom. The zero-order chi connectivity index (χ0) is 22.5. The van der Waals surface area contributed by atoms with Gasteiger partial charge in [0.25, 0.3) is 5.91 Å². The number of pyridine rings is 1. The Hall–Kier alpha value is -3.76. The molecule has 2 aromatic heterocycles. The number of benzene rings is 1. The minimum atomic E-state index is -5.08. The molecule has 3 aromatic rings. The molecule has 2 N–H and O–H groups in total. The van der Waals surface area contributed by atoms with Crippen molar-refractivity contribution >= 4 is 17.5 Å². The molecule has 0 atom stereocenters. The van der Waals surface area contributed by atoms with Crippen molar-refractivity contribution in [2.45, 2.75) is 12.7 Å². The number of phenols is 1. The van der Waals surface area contributed by atoms with E-state index in [1.54, 1.807) is 34.7 Å². The molecular formula is C19H18F3N3O5. The molecule has 8 nitrogen and oxygen atoms in total. The zero-order valence-electron chi connectivity index (χ0n) is 15.9. The molecule has 0 aliphatic heterocycles. The number of halogens is 3. The lowest BCUT2D eigenvalue weighted by atomic mass is 10.2. The van der Waals surface area contributed by atoms with E-state index < -0.39 is 12.1 Å². The number of ether oxygens (including phenoxy) is 1. The highest BCUT2D eigenvalue weighted by Gasteiger charge is 2.38. The third-order valence-electron chi connectivity index (χ3n) is 3.84. The molecule has 11 heteroatoms. The van der Waals surface area contributed by atoms with Crippen LogP contribution in [0.15, 0.2) is 48.8 Å². The highest BCUT2D eigenvalue weighted by Crippen LogP contribution is 2.26. The number of aliphatic carboxylic acids is 1. The summed E-state index contributed by atoms with van der Waals surface area (Å²) < 4.78 is 38.6. The van der Waals surface area contributed by atoms with Gasteiger partial charge in [-0.2, -0.15) is 13.2 Å². The van der Waals surface area contributed by atoms with E-state index in [1.807, 2.05) is 30.5 Å². The van der Waals surface area contributed by atoms with Gasteiger partial charge in [-0.3, -0.25) is 4.79 Å². The van der Waals surface area contributed by atoms with Crippen molar-refractivity contribution < 1.29 is 37.7 Å². The smallest absolute Gasteiger partial charge is 0.490 e. The molecule has 2 heterocycles. The molecule has 160 valence electrons. The summed E-state index contributed by atoms with van der Waals surface area (Å²) in [6.07, 6.45) is -1.53. The second-order valence-corrected chi connectivity index (χ2v) is 6.06. The normalized spacial score (nSPS) is 10.8. The first-order valence-corrected chi connectivity index (χ1v) is 8.38. The van der Waals surface area contributed by atoms with Gasteiger partial charge in [-0.05, 0) is 29.8 Å². The number of methoxy groups -OCH3 is 1. The zero-order valence-corrected chi connectivity index (χ0v) is 15.9. The van der Waals surface area contributed by atoms with Crippen molar-refractivity contribution in [3.05, 3.63) is 60.0 Å². The largest absolute Gasteiger partial charge is 0.504 e. The van der Waals surface area contributed by atoms with E-state index in [4.69, 9.17) is 14.6 Å². The number of hydrogen-bond donors (Lipinski definition) is 2. The Bertz CT molecular complexity index is 1020. The van der Waals surface area contributed by atoms with E-state index in [1.165, 1.54) is 7.11 Å². The van der Waals surface area contributed by atoms with Crippen LogP contribution in [0.4, 0.5) is 13.2 Å². The molecule has 1 aromatic carbocycles. The van der Waals surface area contributed by atoms with Crippen LogP contribution in [0.25, 0.3) is 5.65 Å². The number of rotatable bonds is 4. The standard InChI is InChI=1S/C17H17N3O3.C2HF3O2/c1-19(10-12-6-7-15(23-2)14(21)9-12)17(22)13-11-20-8-4-3-5-16(20)18-13;3-2(4,5)1(6)7/h3-9,11,21H,10H2,1-2H3;(H,6,7). The van der Waals surface area contributed by atoms with Crippen LogP contribution in [0.2, 0.25) is 0 Å². The maximum Gasteiger partial charge on any atom is 0.490 e. The Labute approximate surface area is 168 Å². The SMILES string of the molecule is COc1ccc(CN(C)C(=O)c2cn3ccccc3n2)cc1O.O=C(O)C(F)(F)F. The average Bonchev–Trinajstić information content (AvgIpc) is 3.11. The van der Waals surface area contributed by atoms with Crippen molar-refractivity contribution in [1.82, 2.24) is 14.3 Å². The van der Waals surface area contributed by atoms with Gasteiger partial charge >= 0.3 is 12.1 Å². The number of alkyl halides is 3. The highest BCUT2D eigenvalue weighted by molar-refractivity contribution is 5.92. The number of carbonyl (C=O) groups excluding carboxylic acids is 1.